The van der Waals surface area contributed by atoms with E-state index in [1.165, 1.54) is 18.3 Å². The molecule has 14 heteroatoms. The van der Waals surface area contributed by atoms with Crippen molar-refractivity contribution in [2.45, 2.75) is 24.7 Å². The maximum atomic E-state index is 14.7. The van der Waals surface area contributed by atoms with E-state index in [9.17, 15) is 32.3 Å². The molecule has 1 saturated heterocycles. The van der Waals surface area contributed by atoms with E-state index in [4.69, 9.17) is 16.3 Å². The summed E-state index contributed by atoms with van der Waals surface area (Å²) >= 11 is 5.68. The number of aromatic nitrogens is 2. The van der Waals surface area contributed by atoms with E-state index in [0.717, 1.165) is 30.6 Å². The van der Waals surface area contributed by atoms with E-state index in [0.29, 0.717) is 0 Å². The van der Waals surface area contributed by atoms with Crippen molar-refractivity contribution >= 4 is 34.8 Å². The van der Waals surface area contributed by atoms with Crippen molar-refractivity contribution in [3.8, 4) is 5.75 Å². The molecular formula is C24H20ClF4N5O4. The number of pyridine rings is 2. The lowest BCUT2D eigenvalue weighted by atomic mass is 9.96. The predicted molar refractivity (Wildman–Crippen MR) is 127 cm³/mol. The maximum Gasteiger partial charge on any atom is 0.418 e. The Morgan fingerprint density at radius 1 is 1.16 bits per heavy atom. The lowest BCUT2D eigenvalue weighted by molar-refractivity contribution is -0.137. The Bertz CT molecular complexity index is 1370. The van der Waals surface area contributed by atoms with E-state index in [-0.39, 0.29) is 59.6 Å². The van der Waals surface area contributed by atoms with E-state index in [1.54, 1.807) is 0 Å². The number of nitrogens with one attached hydrogen (secondary N) is 3. The Morgan fingerprint density at radius 3 is 2.61 bits per heavy atom. The number of benzene rings is 1. The van der Waals surface area contributed by atoms with Crippen LogP contribution in [0.15, 0.2) is 48.9 Å². The first-order chi connectivity index (χ1) is 18.0. The third-order valence-corrected chi connectivity index (χ3v) is 5.93. The summed E-state index contributed by atoms with van der Waals surface area (Å²) in [6.07, 6.45) is -1.09. The van der Waals surface area contributed by atoms with Crippen LogP contribution in [-0.2, 0) is 22.3 Å². The van der Waals surface area contributed by atoms with Crippen molar-refractivity contribution < 1.29 is 37.0 Å². The summed E-state index contributed by atoms with van der Waals surface area (Å²) < 4.78 is 60.0. The standard InChI is InChI=1S/C24H20ClF4N5O4/c25-14-1-2-19(17(6-14)24(27,28)29)33-15-7-18(26)20(31-9-15)11-32-22(37)23(3-4-38-12-23)34-21(36)13-5-16(35)10-30-8-13/h1-2,5-10,33,35H,3-4,11-12H2,(H,32,37)(H,34,36)/t23-/m0/s1. The Morgan fingerprint density at radius 2 is 1.95 bits per heavy atom. The Balaban J connectivity index is 1.44. The fourth-order valence-electron chi connectivity index (χ4n) is 3.75. The van der Waals surface area contributed by atoms with Crippen molar-refractivity contribution in [1.29, 1.82) is 0 Å². The van der Waals surface area contributed by atoms with Crippen LogP contribution in [0.4, 0.5) is 28.9 Å². The van der Waals surface area contributed by atoms with Gasteiger partial charge in [-0.1, -0.05) is 11.6 Å². The number of rotatable bonds is 7. The first-order valence-electron chi connectivity index (χ1n) is 11.1. The molecular weight excluding hydrogens is 534 g/mol. The molecule has 0 saturated carbocycles. The molecule has 1 aromatic carbocycles. The van der Waals surface area contributed by atoms with Crippen LogP contribution in [0.1, 0.15) is 28.0 Å². The normalized spacial score (nSPS) is 17.2. The molecule has 200 valence electrons. The fraction of sp³-hybridized carbons (Fsp3) is 0.250. The molecule has 4 N–H and O–H groups in total. The van der Waals surface area contributed by atoms with Crippen molar-refractivity contribution in [2.75, 3.05) is 18.5 Å². The van der Waals surface area contributed by atoms with Gasteiger partial charge in [0.15, 0.2) is 0 Å². The number of carbonyl (C=O) groups excluding carboxylic acids is 2. The lowest BCUT2D eigenvalue weighted by Gasteiger charge is -2.27. The number of ether oxygens (including phenoxy) is 1. The minimum Gasteiger partial charge on any atom is -0.506 e. The smallest absolute Gasteiger partial charge is 0.418 e. The molecule has 3 heterocycles. The zero-order valence-electron chi connectivity index (χ0n) is 19.4. The van der Waals surface area contributed by atoms with Crippen LogP contribution in [0, 0.1) is 5.82 Å². The van der Waals surface area contributed by atoms with Crippen LogP contribution in [0.3, 0.4) is 0 Å². The zero-order chi connectivity index (χ0) is 27.5. The number of halogens is 5. The van der Waals surface area contributed by atoms with Crippen LogP contribution in [0.5, 0.6) is 5.75 Å². The van der Waals surface area contributed by atoms with Crippen molar-refractivity contribution in [3.05, 3.63) is 76.6 Å². The van der Waals surface area contributed by atoms with Gasteiger partial charge in [-0.15, -0.1) is 0 Å². The first kappa shape index (κ1) is 27.1. The third-order valence-electron chi connectivity index (χ3n) is 5.69. The summed E-state index contributed by atoms with van der Waals surface area (Å²) in [7, 11) is 0. The fourth-order valence-corrected chi connectivity index (χ4v) is 3.93. The Hall–Kier alpha value is -3.97. The molecule has 2 aromatic heterocycles. The van der Waals surface area contributed by atoms with Crippen LogP contribution >= 0.6 is 11.6 Å². The van der Waals surface area contributed by atoms with Gasteiger partial charge in [0.1, 0.15) is 17.1 Å². The van der Waals surface area contributed by atoms with Gasteiger partial charge in [0.25, 0.3) is 5.91 Å². The van der Waals surface area contributed by atoms with Gasteiger partial charge in [0, 0.05) is 30.3 Å². The molecule has 0 unspecified atom stereocenters. The molecule has 2 amide bonds. The molecule has 1 atom stereocenters. The van der Waals surface area contributed by atoms with Gasteiger partial charge in [0.05, 0.1) is 53.7 Å². The number of nitrogens with zero attached hydrogens (tertiary/aromatic N) is 2. The second-order valence-electron chi connectivity index (χ2n) is 8.42. The highest BCUT2D eigenvalue weighted by Crippen LogP contribution is 2.37. The SMILES string of the molecule is O=C(N[C@@]1(C(=O)NCc2ncc(Nc3ccc(Cl)cc3C(F)(F)F)cc2F)CCOC1)c1cncc(O)c1. The number of hydrogen-bond donors (Lipinski definition) is 4. The average molecular weight is 554 g/mol. The molecule has 1 aliphatic rings. The van der Waals surface area contributed by atoms with Crippen LogP contribution in [0.25, 0.3) is 0 Å². The second kappa shape index (κ2) is 10.8. The summed E-state index contributed by atoms with van der Waals surface area (Å²) in [5.41, 5.74) is -3.05. The summed E-state index contributed by atoms with van der Waals surface area (Å²) in [5.74, 6) is -2.45. The van der Waals surface area contributed by atoms with E-state index >= 15 is 0 Å². The molecule has 0 bridgehead atoms. The van der Waals surface area contributed by atoms with Crippen molar-refractivity contribution in [3.63, 3.8) is 0 Å². The highest BCUT2D eigenvalue weighted by molar-refractivity contribution is 6.30. The highest BCUT2D eigenvalue weighted by Gasteiger charge is 2.44. The largest absolute Gasteiger partial charge is 0.506 e. The number of amides is 2. The topological polar surface area (TPSA) is 125 Å². The van der Waals surface area contributed by atoms with Gasteiger partial charge in [-0.05, 0) is 24.3 Å². The number of alkyl halides is 3. The Kier molecular flexibility index (Phi) is 7.69. The quantitative estimate of drug-likeness (QED) is 0.327. The first-order valence-corrected chi connectivity index (χ1v) is 11.5. The predicted octanol–water partition coefficient (Wildman–Crippen LogP) is 3.94. The van der Waals surface area contributed by atoms with Crippen LogP contribution in [0.2, 0.25) is 5.02 Å². The summed E-state index contributed by atoms with van der Waals surface area (Å²) in [4.78, 5) is 33.3. The molecule has 0 spiro atoms. The molecule has 1 aliphatic heterocycles. The maximum absolute atomic E-state index is 14.7. The van der Waals surface area contributed by atoms with E-state index in [2.05, 4.69) is 25.9 Å². The average Bonchev–Trinajstić information content (AvgIpc) is 3.33. The van der Waals surface area contributed by atoms with Crippen LogP contribution in [-0.4, -0.2) is 45.6 Å². The second-order valence-corrected chi connectivity index (χ2v) is 8.85. The molecule has 0 aliphatic carbocycles. The zero-order valence-corrected chi connectivity index (χ0v) is 20.2. The van der Waals surface area contributed by atoms with Gasteiger partial charge < -0.3 is 25.8 Å². The number of carbonyl (C=O) groups is 2. The molecule has 9 nitrogen and oxygen atoms in total. The minimum atomic E-state index is -4.70. The van der Waals surface area contributed by atoms with Crippen molar-refractivity contribution in [1.82, 2.24) is 20.6 Å². The van der Waals surface area contributed by atoms with Gasteiger partial charge in [-0.25, -0.2) is 4.39 Å². The molecule has 0 radical (unpaired) electrons. The summed E-state index contributed by atoms with van der Waals surface area (Å²) in [5, 5.41) is 17.0. The number of aromatic hydroxyl groups is 1. The number of hydrogen-bond acceptors (Lipinski definition) is 7. The molecule has 38 heavy (non-hydrogen) atoms. The molecule has 3 aromatic rings. The molecule has 4 rings (SSSR count). The van der Waals surface area contributed by atoms with E-state index in [1.807, 2.05) is 0 Å². The third kappa shape index (κ3) is 6.11. The van der Waals surface area contributed by atoms with Crippen LogP contribution < -0.4 is 16.0 Å². The molecule has 1 fully saturated rings. The monoisotopic (exact) mass is 553 g/mol. The lowest BCUT2D eigenvalue weighted by Crippen LogP contribution is -2.59. The minimum absolute atomic E-state index is 0.0224. The van der Waals surface area contributed by atoms with Gasteiger partial charge in [-0.2, -0.15) is 13.2 Å². The highest BCUT2D eigenvalue weighted by atomic mass is 35.5. The van der Waals surface area contributed by atoms with Gasteiger partial charge in [0.2, 0.25) is 5.91 Å². The number of anilines is 2. The van der Waals surface area contributed by atoms with E-state index < -0.39 is 34.9 Å². The van der Waals surface area contributed by atoms with Crippen molar-refractivity contribution in [2.24, 2.45) is 0 Å². The Labute approximate surface area is 218 Å². The van der Waals surface area contributed by atoms with Gasteiger partial charge >= 0.3 is 6.18 Å². The van der Waals surface area contributed by atoms with Gasteiger partial charge in [-0.3, -0.25) is 19.6 Å². The summed E-state index contributed by atoms with van der Waals surface area (Å²) in [6.45, 7) is -0.327. The summed E-state index contributed by atoms with van der Waals surface area (Å²) in [6, 6.07) is 5.23.